The summed E-state index contributed by atoms with van der Waals surface area (Å²) in [7, 11) is 0. The molecule has 0 N–H and O–H groups in total. The smallest absolute Gasteiger partial charge is 0.221 e. The summed E-state index contributed by atoms with van der Waals surface area (Å²) in [4.78, 5) is 12.4. The quantitative estimate of drug-likeness (QED) is 0.721. The van der Waals surface area contributed by atoms with E-state index in [1.807, 2.05) is 13.0 Å². The lowest BCUT2D eigenvalue weighted by Crippen LogP contribution is -1.99. The van der Waals surface area contributed by atoms with Crippen molar-refractivity contribution in [3.63, 3.8) is 0 Å². The normalized spacial score (nSPS) is 10.5. The van der Waals surface area contributed by atoms with Crippen molar-refractivity contribution in [1.29, 1.82) is 0 Å². The van der Waals surface area contributed by atoms with Crippen LogP contribution in [0, 0.1) is 5.82 Å². The monoisotopic (exact) mass is 309 g/mol. The summed E-state index contributed by atoms with van der Waals surface area (Å²) in [6.45, 7) is 2.43. The standard InChI is InChI=1S/C18H16FN3O/c1-2-23-18-17(15-3-5-16(19)6-4-15)8-13(11-22-18)7-14-9-20-12-21-10-14/h3-6,8-12H,2,7H2,1H3. The van der Waals surface area contributed by atoms with Crippen molar-refractivity contribution in [2.24, 2.45) is 0 Å². The second-order valence-electron chi connectivity index (χ2n) is 5.06. The van der Waals surface area contributed by atoms with Crippen LogP contribution >= 0.6 is 0 Å². The molecule has 0 aliphatic heterocycles. The van der Waals surface area contributed by atoms with Gasteiger partial charge in [-0.15, -0.1) is 0 Å². The summed E-state index contributed by atoms with van der Waals surface area (Å²) >= 11 is 0. The van der Waals surface area contributed by atoms with E-state index in [1.165, 1.54) is 18.5 Å². The van der Waals surface area contributed by atoms with Gasteiger partial charge in [-0.25, -0.2) is 19.3 Å². The summed E-state index contributed by atoms with van der Waals surface area (Å²) in [5.74, 6) is 0.282. The van der Waals surface area contributed by atoms with Crippen LogP contribution in [0.4, 0.5) is 4.39 Å². The minimum atomic E-state index is -0.266. The van der Waals surface area contributed by atoms with Crippen LogP contribution in [-0.4, -0.2) is 21.6 Å². The Hall–Kier alpha value is -2.82. The zero-order valence-electron chi connectivity index (χ0n) is 12.7. The van der Waals surface area contributed by atoms with Crippen LogP contribution in [0.1, 0.15) is 18.1 Å². The van der Waals surface area contributed by atoms with Gasteiger partial charge >= 0.3 is 0 Å². The van der Waals surface area contributed by atoms with E-state index in [-0.39, 0.29) is 5.82 Å². The molecular formula is C18H16FN3O. The average molecular weight is 309 g/mol. The lowest BCUT2D eigenvalue weighted by Gasteiger charge is -2.11. The molecule has 4 nitrogen and oxygen atoms in total. The lowest BCUT2D eigenvalue weighted by molar-refractivity contribution is 0.328. The Morgan fingerprint density at radius 1 is 1.00 bits per heavy atom. The molecular weight excluding hydrogens is 293 g/mol. The molecule has 0 aliphatic carbocycles. The highest BCUT2D eigenvalue weighted by Gasteiger charge is 2.10. The highest BCUT2D eigenvalue weighted by molar-refractivity contribution is 5.69. The predicted octanol–water partition coefficient (Wildman–Crippen LogP) is 3.67. The fourth-order valence-electron chi connectivity index (χ4n) is 2.34. The second-order valence-corrected chi connectivity index (χ2v) is 5.06. The predicted molar refractivity (Wildman–Crippen MR) is 85.6 cm³/mol. The van der Waals surface area contributed by atoms with Crippen LogP contribution in [-0.2, 0) is 6.42 Å². The number of halogens is 1. The van der Waals surface area contributed by atoms with E-state index in [9.17, 15) is 4.39 Å². The molecule has 3 aromatic rings. The number of benzene rings is 1. The van der Waals surface area contributed by atoms with Crippen molar-refractivity contribution < 1.29 is 9.13 Å². The Bertz CT molecular complexity index is 776. The van der Waals surface area contributed by atoms with E-state index >= 15 is 0 Å². The molecule has 0 saturated heterocycles. The highest BCUT2D eigenvalue weighted by Crippen LogP contribution is 2.29. The van der Waals surface area contributed by atoms with Gasteiger partial charge < -0.3 is 4.74 Å². The fraction of sp³-hybridized carbons (Fsp3) is 0.167. The minimum absolute atomic E-state index is 0.266. The van der Waals surface area contributed by atoms with E-state index in [4.69, 9.17) is 4.74 Å². The third-order valence-electron chi connectivity index (χ3n) is 3.37. The Morgan fingerprint density at radius 3 is 2.43 bits per heavy atom. The summed E-state index contributed by atoms with van der Waals surface area (Å²) < 4.78 is 18.8. The lowest BCUT2D eigenvalue weighted by atomic mass is 10.0. The summed E-state index contributed by atoms with van der Waals surface area (Å²) in [6.07, 6.45) is 7.52. The first-order valence-electron chi connectivity index (χ1n) is 7.38. The Morgan fingerprint density at radius 2 is 1.74 bits per heavy atom. The molecule has 23 heavy (non-hydrogen) atoms. The molecule has 0 fully saturated rings. The molecule has 1 aromatic carbocycles. The van der Waals surface area contributed by atoms with Gasteiger partial charge in [0.05, 0.1) is 6.61 Å². The summed E-state index contributed by atoms with van der Waals surface area (Å²) in [5.41, 5.74) is 3.74. The molecule has 2 aromatic heterocycles. The van der Waals surface area contributed by atoms with Gasteiger partial charge in [0.15, 0.2) is 0 Å². The van der Waals surface area contributed by atoms with Gasteiger partial charge in [-0.2, -0.15) is 0 Å². The van der Waals surface area contributed by atoms with E-state index in [0.717, 1.165) is 22.3 Å². The van der Waals surface area contributed by atoms with Crippen LogP contribution in [0.5, 0.6) is 5.88 Å². The van der Waals surface area contributed by atoms with Crippen LogP contribution in [0.2, 0.25) is 0 Å². The van der Waals surface area contributed by atoms with E-state index in [0.29, 0.717) is 18.9 Å². The Kier molecular flexibility index (Phi) is 4.57. The molecule has 2 heterocycles. The van der Waals surface area contributed by atoms with Gasteiger partial charge in [0, 0.05) is 30.6 Å². The van der Waals surface area contributed by atoms with Gasteiger partial charge in [-0.3, -0.25) is 0 Å². The SMILES string of the molecule is CCOc1ncc(Cc2cncnc2)cc1-c1ccc(F)cc1. The van der Waals surface area contributed by atoms with Crippen molar-refractivity contribution in [3.8, 4) is 17.0 Å². The maximum atomic E-state index is 13.2. The zero-order chi connectivity index (χ0) is 16.1. The summed E-state index contributed by atoms with van der Waals surface area (Å²) in [6, 6.07) is 8.33. The Balaban J connectivity index is 1.97. The van der Waals surface area contributed by atoms with E-state index < -0.39 is 0 Å². The van der Waals surface area contributed by atoms with Gasteiger partial charge in [-0.05, 0) is 41.8 Å². The number of nitrogens with zero attached hydrogens (tertiary/aromatic N) is 3. The van der Waals surface area contributed by atoms with E-state index in [2.05, 4.69) is 15.0 Å². The van der Waals surface area contributed by atoms with Crippen LogP contribution in [0.15, 0.2) is 55.2 Å². The molecule has 5 heteroatoms. The number of pyridine rings is 1. The number of hydrogen-bond donors (Lipinski definition) is 0. The van der Waals surface area contributed by atoms with Gasteiger partial charge in [0.1, 0.15) is 12.1 Å². The molecule has 0 radical (unpaired) electrons. The molecule has 116 valence electrons. The molecule has 0 unspecified atom stereocenters. The average Bonchev–Trinajstić information content (AvgIpc) is 2.58. The summed E-state index contributed by atoms with van der Waals surface area (Å²) in [5, 5.41) is 0. The molecule has 0 amide bonds. The third-order valence-corrected chi connectivity index (χ3v) is 3.37. The molecule has 3 rings (SSSR count). The van der Waals surface area contributed by atoms with Gasteiger partial charge in [-0.1, -0.05) is 12.1 Å². The van der Waals surface area contributed by atoms with Crippen molar-refractivity contribution in [2.75, 3.05) is 6.61 Å². The maximum absolute atomic E-state index is 13.2. The molecule has 0 aliphatic rings. The topological polar surface area (TPSA) is 47.9 Å². The van der Waals surface area contributed by atoms with Crippen molar-refractivity contribution in [2.45, 2.75) is 13.3 Å². The number of hydrogen-bond acceptors (Lipinski definition) is 4. The van der Waals surface area contributed by atoms with Crippen molar-refractivity contribution >= 4 is 0 Å². The molecule has 0 atom stereocenters. The molecule has 0 bridgehead atoms. The van der Waals surface area contributed by atoms with Crippen LogP contribution in [0.25, 0.3) is 11.1 Å². The highest BCUT2D eigenvalue weighted by atomic mass is 19.1. The van der Waals surface area contributed by atoms with Crippen LogP contribution in [0.3, 0.4) is 0 Å². The first-order valence-corrected chi connectivity index (χ1v) is 7.38. The van der Waals surface area contributed by atoms with Crippen molar-refractivity contribution in [3.05, 3.63) is 72.2 Å². The zero-order valence-corrected chi connectivity index (χ0v) is 12.7. The second kappa shape index (κ2) is 6.96. The van der Waals surface area contributed by atoms with Crippen LogP contribution < -0.4 is 4.74 Å². The van der Waals surface area contributed by atoms with Gasteiger partial charge in [0.25, 0.3) is 0 Å². The van der Waals surface area contributed by atoms with Crippen molar-refractivity contribution in [1.82, 2.24) is 15.0 Å². The molecule has 0 spiro atoms. The van der Waals surface area contributed by atoms with Gasteiger partial charge in [0.2, 0.25) is 5.88 Å². The maximum Gasteiger partial charge on any atom is 0.221 e. The molecule has 0 saturated carbocycles. The number of rotatable bonds is 5. The number of ether oxygens (including phenoxy) is 1. The third kappa shape index (κ3) is 3.69. The number of aromatic nitrogens is 3. The Labute approximate surface area is 134 Å². The largest absolute Gasteiger partial charge is 0.478 e. The first kappa shape index (κ1) is 15.1. The fourth-order valence-corrected chi connectivity index (χ4v) is 2.34. The minimum Gasteiger partial charge on any atom is -0.478 e. The first-order chi connectivity index (χ1) is 11.3. The van der Waals surface area contributed by atoms with E-state index in [1.54, 1.807) is 30.7 Å².